The van der Waals surface area contributed by atoms with E-state index < -0.39 is 5.72 Å². The number of hydrogen-bond donors (Lipinski definition) is 0. The van der Waals surface area contributed by atoms with Crippen LogP contribution in [0, 0.1) is 0 Å². The zero-order valence-electron chi connectivity index (χ0n) is 13.6. The van der Waals surface area contributed by atoms with Gasteiger partial charge in [0.25, 0.3) is 0 Å². The smallest absolute Gasteiger partial charge is 0.155 e. The fourth-order valence-corrected chi connectivity index (χ4v) is 2.72. The van der Waals surface area contributed by atoms with E-state index in [9.17, 15) is 0 Å². The second-order valence-electron chi connectivity index (χ2n) is 6.29. The summed E-state index contributed by atoms with van der Waals surface area (Å²) in [5.74, 6) is 0. The van der Waals surface area contributed by atoms with E-state index in [0.717, 1.165) is 16.8 Å². The van der Waals surface area contributed by atoms with Crippen LogP contribution in [0.3, 0.4) is 0 Å². The Morgan fingerprint density at radius 1 is 0.955 bits per heavy atom. The van der Waals surface area contributed by atoms with Crippen molar-refractivity contribution in [3.63, 3.8) is 0 Å². The molecule has 0 radical (unpaired) electrons. The Kier molecular flexibility index (Phi) is 3.75. The molecule has 1 aliphatic heterocycles. The summed E-state index contributed by atoms with van der Waals surface area (Å²) in [6.45, 7) is 4.01. The van der Waals surface area contributed by atoms with Gasteiger partial charge < -0.3 is 9.64 Å². The number of benzene rings is 2. The molecule has 0 saturated heterocycles. The average Bonchev–Trinajstić information content (AvgIpc) is 2.84. The van der Waals surface area contributed by atoms with Gasteiger partial charge >= 0.3 is 0 Å². The Labute approximate surface area is 132 Å². The van der Waals surface area contributed by atoms with Gasteiger partial charge in [0.2, 0.25) is 0 Å². The Bertz CT molecular complexity index is 672. The summed E-state index contributed by atoms with van der Waals surface area (Å²) in [6.07, 6.45) is -0.117. The van der Waals surface area contributed by atoms with Gasteiger partial charge in [0.15, 0.2) is 5.72 Å². The lowest BCUT2D eigenvalue weighted by atomic mass is 9.99. The molecule has 3 heteroatoms. The minimum Gasteiger partial charge on any atom is -0.378 e. The first kappa shape index (κ1) is 14.8. The van der Waals surface area contributed by atoms with Gasteiger partial charge in [-0.15, -0.1) is 0 Å². The fraction of sp³-hybridized carbons (Fsp3) is 0.316. The van der Waals surface area contributed by atoms with E-state index >= 15 is 0 Å². The van der Waals surface area contributed by atoms with Crippen molar-refractivity contribution in [2.24, 2.45) is 4.99 Å². The zero-order chi connectivity index (χ0) is 15.7. The summed E-state index contributed by atoms with van der Waals surface area (Å²) >= 11 is 0. The standard InChI is InChI=1S/C19H22N2O/c1-19(2)20-17(14-8-6-5-7-9-14)18(22-19)15-10-12-16(13-11-15)21(3)4/h5-13,18H,1-4H3/t18-/m0/s1. The van der Waals surface area contributed by atoms with Crippen molar-refractivity contribution in [1.82, 2.24) is 0 Å². The third-order valence-electron chi connectivity index (χ3n) is 3.83. The molecule has 0 saturated carbocycles. The summed E-state index contributed by atoms with van der Waals surface area (Å²) in [5.41, 5.74) is 3.95. The van der Waals surface area contributed by atoms with E-state index in [1.165, 1.54) is 5.69 Å². The molecule has 0 unspecified atom stereocenters. The summed E-state index contributed by atoms with van der Waals surface area (Å²) < 4.78 is 6.18. The van der Waals surface area contributed by atoms with Crippen LogP contribution >= 0.6 is 0 Å². The van der Waals surface area contributed by atoms with E-state index in [2.05, 4.69) is 41.3 Å². The first-order chi connectivity index (χ1) is 10.5. The largest absolute Gasteiger partial charge is 0.378 e. The molecular weight excluding hydrogens is 272 g/mol. The third kappa shape index (κ3) is 2.90. The number of nitrogens with zero attached hydrogens (tertiary/aromatic N) is 2. The van der Waals surface area contributed by atoms with E-state index in [-0.39, 0.29) is 6.10 Å². The van der Waals surface area contributed by atoms with Crippen LogP contribution in [0.4, 0.5) is 5.69 Å². The van der Waals surface area contributed by atoms with Gasteiger partial charge in [0.05, 0.1) is 5.71 Å². The average molecular weight is 294 g/mol. The molecule has 0 bridgehead atoms. The van der Waals surface area contributed by atoms with Gasteiger partial charge in [-0.3, -0.25) is 4.99 Å². The molecule has 0 aliphatic carbocycles. The molecule has 0 aromatic heterocycles. The maximum atomic E-state index is 6.18. The Morgan fingerprint density at radius 2 is 1.59 bits per heavy atom. The van der Waals surface area contributed by atoms with Crippen molar-refractivity contribution < 1.29 is 4.74 Å². The van der Waals surface area contributed by atoms with Crippen LogP contribution in [0.2, 0.25) is 0 Å². The van der Waals surface area contributed by atoms with Crippen molar-refractivity contribution >= 4 is 11.4 Å². The maximum absolute atomic E-state index is 6.18. The Morgan fingerprint density at radius 3 is 2.18 bits per heavy atom. The quantitative estimate of drug-likeness (QED) is 0.853. The predicted octanol–water partition coefficient (Wildman–Crippen LogP) is 4.05. The fourth-order valence-electron chi connectivity index (χ4n) is 2.72. The highest BCUT2D eigenvalue weighted by molar-refractivity contribution is 6.05. The lowest BCUT2D eigenvalue weighted by molar-refractivity contribution is -0.0160. The Balaban J connectivity index is 1.97. The molecule has 0 N–H and O–H groups in total. The van der Waals surface area contributed by atoms with Crippen molar-refractivity contribution in [2.75, 3.05) is 19.0 Å². The van der Waals surface area contributed by atoms with Crippen molar-refractivity contribution in [3.05, 3.63) is 65.7 Å². The van der Waals surface area contributed by atoms with Crippen LogP contribution in [0.1, 0.15) is 31.1 Å². The molecule has 1 aliphatic rings. The lowest BCUT2D eigenvalue weighted by Crippen LogP contribution is -2.18. The molecule has 0 spiro atoms. The minimum absolute atomic E-state index is 0.117. The van der Waals surface area contributed by atoms with E-state index in [4.69, 9.17) is 9.73 Å². The van der Waals surface area contributed by atoms with Crippen LogP contribution in [-0.4, -0.2) is 25.5 Å². The SMILES string of the molecule is CN(C)c1ccc([C@@H]2OC(C)(C)N=C2c2ccccc2)cc1. The van der Waals surface area contributed by atoms with Crippen LogP contribution in [0.25, 0.3) is 0 Å². The Hall–Kier alpha value is -2.13. The van der Waals surface area contributed by atoms with Crippen molar-refractivity contribution in [3.8, 4) is 0 Å². The maximum Gasteiger partial charge on any atom is 0.155 e. The molecular formula is C19H22N2O. The van der Waals surface area contributed by atoms with Crippen LogP contribution in [0.15, 0.2) is 59.6 Å². The lowest BCUT2D eigenvalue weighted by Gasteiger charge is -2.20. The highest BCUT2D eigenvalue weighted by Gasteiger charge is 2.35. The zero-order valence-corrected chi connectivity index (χ0v) is 13.6. The van der Waals surface area contributed by atoms with Crippen LogP contribution in [-0.2, 0) is 4.74 Å². The molecule has 3 rings (SSSR count). The van der Waals surface area contributed by atoms with E-state index in [1.807, 2.05) is 46.1 Å². The molecule has 1 heterocycles. The summed E-state index contributed by atoms with van der Waals surface area (Å²) in [7, 11) is 4.09. The van der Waals surface area contributed by atoms with Crippen molar-refractivity contribution in [2.45, 2.75) is 25.7 Å². The van der Waals surface area contributed by atoms with Gasteiger partial charge in [-0.2, -0.15) is 0 Å². The first-order valence-electron chi connectivity index (χ1n) is 7.56. The molecule has 114 valence electrons. The number of aliphatic imine (C=N–C) groups is 1. The highest BCUT2D eigenvalue weighted by atomic mass is 16.5. The van der Waals surface area contributed by atoms with Crippen LogP contribution in [0.5, 0.6) is 0 Å². The van der Waals surface area contributed by atoms with Gasteiger partial charge in [0.1, 0.15) is 6.10 Å². The summed E-state index contributed by atoms with van der Waals surface area (Å²) in [6, 6.07) is 18.8. The molecule has 2 aromatic carbocycles. The normalized spacial score (nSPS) is 19.8. The third-order valence-corrected chi connectivity index (χ3v) is 3.83. The molecule has 0 amide bonds. The van der Waals surface area contributed by atoms with Gasteiger partial charge in [0, 0.05) is 19.8 Å². The van der Waals surface area contributed by atoms with Gasteiger partial charge in [-0.1, -0.05) is 42.5 Å². The molecule has 2 aromatic rings. The summed E-state index contributed by atoms with van der Waals surface area (Å²) in [4.78, 5) is 6.88. The minimum atomic E-state index is -0.490. The van der Waals surface area contributed by atoms with Crippen molar-refractivity contribution in [1.29, 1.82) is 0 Å². The molecule has 1 atom stereocenters. The second-order valence-corrected chi connectivity index (χ2v) is 6.29. The van der Waals surface area contributed by atoms with Gasteiger partial charge in [-0.25, -0.2) is 0 Å². The second kappa shape index (κ2) is 5.58. The summed E-state index contributed by atoms with van der Waals surface area (Å²) in [5, 5.41) is 0. The number of ether oxygens (including phenoxy) is 1. The van der Waals surface area contributed by atoms with Gasteiger partial charge in [-0.05, 0) is 37.1 Å². The van der Waals surface area contributed by atoms with E-state index in [0.29, 0.717) is 0 Å². The molecule has 0 fully saturated rings. The number of rotatable bonds is 3. The van der Waals surface area contributed by atoms with Crippen LogP contribution < -0.4 is 4.90 Å². The highest BCUT2D eigenvalue weighted by Crippen LogP contribution is 2.36. The van der Waals surface area contributed by atoms with E-state index in [1.54, 1.807) is 0 Å². The topological polar surface area (TPSA) is 24.8 Å². The molecule has 22 heavy (non-hydrogen) atoms. The molecule has 3 nitrogen and oxygen atoms in total. The first-order valence-corrected chi connectivity index (χ1v) is 7.56. The predicted molar refractivity (Wildman–Crippen MR) is 91.7 cm³/mol. The monoisotopic (exact) mass is 294 g/mol. The number of anilines is 1. The number of hydrogen-bond acceptors (Lipinski definition) is 3.